The van der Waals surface area contributed by atoms with Crippen molar-refractivity contribution in [2.24, 2.45) is 5.73 Å². The first-order chi connectivity index (χ1) is 15.7. The van der Waals surface area contributed by atoms with Gasteiger partial charge in [-0.25, -0.2) is 8.93 Å². The van der Waals surface area contributed by atoms with Gasteiger partial charge in [-0.2, -0.15) is 0 Å². The van der Waals surface area contributed by atoms with Crippen LogP contribution in [-0.4, -0.2) is 20.0 Å². The number of hydrogen-bond donors (Lipinski definition) is 2. The second-order valence-corrected chi connectivity index (χ2v) is 10.9. The standard InChI is InChI=1S/C26H27N3O3S/c1-26(2,3)33(31)29-22(15-17-9-5-4-6-10-17)19-11-7-8-12-20(19)24-21-14-13-18(25(27)30)16-23(21)32-28-24/h4-14,16,22,29H,15H2,1-3H3,(H2,27,30)/t22-,33-/m0/s1. The van der Waals surface area contributed by atoms with Crippen LogP contribution in [0.5, 0.6) is 0 Å². The van der Waals surface area contributed by atoms with E-state index in [1.165, 1.54) is 0 Å². The molecule has 6 nitrogen and oxygen atoms in total. The van der Waals surface area contributed by atoms with Crippen LogP contribution >= 0.6 is 0 Å². The molecule has 33 heavy (non-hydrogen) atoms. The van der Waals surface area contributed by atoms with E-state index in [0.29, 0.717) is 23.3 Å². The van der Waals surface area contributed by atoms with E-state index in [1.807, 2.05) is 63.2 Å². The summed E-state index contributed by atoms with van der Waals surface area (Å²) in [5.74, 6) is -0.521. The van der Waals surface area contributed by atoms with Gasteiger partial charge >= 0.3 is 0 Å². The van der Waals surface area contributed by atoms with Crippen molar-refractivity contribution >= 4 is 27.9 Å². The molecule has 7 heteroatoms. The number of carbonyl (C=O) groups is 1. The molecule has 0 saturated heterocycles. The van der Waals surface area contributed by atoms with Crippen molar-refractivity contribution in [3.63, 3.8) is 0 Å². The number of amides is 1. The molecule has 2 atom stereocenters. The van der Waals surface area contributed by atoms with Crippen LogP contribution in [0.2, 0.25) is 0 Å². The van der Waals surface area contributed by atoms with Crippen LogP contribution in [0.4, 0.5) is 0 Å². The normalized spacial score (nSPS) is 13.7. The Labute approximate surface area is 195 Å². The fraction of sp³-hybridized carbons (Fsp3) is 0.231. The van der Waals surface area contributed by atoms with Crippen LogP contribution in [0.3, 0.4) is 0 Å². The number of rotatable bonds is 7. The zero-order chi connectivity index (χ0) is 23.6. The summed E-state index contributed by atoms with van der Waals surface area (Å²) in [6.45, 7) is 5.84. The summed E-state index contributed by atoms with van der Waals surface area (Å²) in [5, 5.41) is 5.09. The molecule has 0 aliphatic heterocycles. The van der Waals surface area contributed by atoms with E-state index >= 15 is 0 Å². The lowest BCUT2D eigenvalue weighted by Crippen LogP contribution is -2.36. The van der Waals surface area contributed by atoms with Gasteiger partial charge in [-0.1, -0.05) is 59.8 Å². The average molecular weight is 462 g/mol. The highest BCUT2D eigenvalue weighted by Crippen LogP contribution is 2.35. The van der Waals surface area contributed by atoms with Crippen molar-refractivity contribution in [2.75, 3.05) is 0 Å². The number of benzene rings is 3. The Balaban J connectivity index is 1.80. The van der Waals surface area contributed by atoms with E-state index in [2.05, 4.69) is 22.0 Å². The van der Waals surface area contributed by atoms with Crippen molar-refractivity contribution in [2.45, 2.75) is 38.0 Å². The summed E-state index contributed by atoms with van der Waals surface area (Å²) >= 11 is 0. The van der Waals surface area contributed by atoms with Gasteiger partial charge < -0.3 is 10.3 Å². The van der Waals surface area contributed by atoms with E-state index in [0.717, 1.165) is 22.1 Å². The molecular weight excluding hydrogens is 434 g/mol. The molecule has 3 aromatic carbocycles. The maximum Gasteiger partial charge on any atom is 0.248 e. The largest absolute Gasteiger partial charge is 0.366 e. The van der Waals surface area contributed by atoms with E-state index < -0.39 is 21.6 Å². The SMILES string of the molecule is CC(C)(C)[S@](=O)N[C@@H](Cc1ccccc1)c1ccccc1-c1noc2cc(C(N)=O)ccc12. The minimum absolute atomic E-state index is 0.222. The van der Waals surface area contributed by atoms with Crippen LogP contribution in [0.15, 0.2) is 77.3 Å². The highest BCUT2D eigenvalue weighted by molar-refractivity contribution is 7.84. The summed E-state index contributed by atoms with van der Waals surface area (Å²) in [6, 6.07) is 22.9. The number of nitrogens with two attached hydrogens (primary N) is 1. The zero-order valence-corrected chi connectivity index (χ0v) is 19.7. The number of primary amides is 1. The fourth-order valence-electron chi connectivity index (χ4n) is 3.67. The van der Waals surface area contributed by atoms with Gasteiger partial charge in [-0.15, -0.1) is 0 Å². The minimum Gasteiger partial charge on any atom is -0.366 e. The lowest BCUT2D eigenvalue weighted by atomic mass is 9.93. The molecule has 1 heterocycles. The van der Waals surface area contributed by atoms with Crippen molar-refractivity contribution in [3.05, 3.63) is 89.5 Å². The summed E-state index contributed by atoms with van der Waals surface area (Å²) in [6.07, 6.45) is 0.654. The second-order valence-electron chi connectivity index (χ2n) is 8.93. The van der Waals surface area contributed by atoms with Gasteiger partial charge in [0.15, 0.2) is 5.58 Å². The molecule has 0 aliphatic carbocycles. The number of nitrogens with zero attached hydrogens (tertiary/aromatic N) is 1. The molecule has 4 rings (SSSR count). The van der Waals surface area contributed by atoms with Gasteiger partial charge in [0.1, 0.15) is 5.69 Å². The number of carbonyl (C=O) groups excluding carboxylic acids is 1. The molecule has 1 amide bonds. The maximum absolute atomic E-state index is 13.1. The molecule has 4 aromatic rings. The lowest BCUT2D eigenvalue weighted by Gasteiger charge is -2.26. The van der Waals surface area contributed by atoms with E-state index in [-0.39, 0.29) is 6.04 Å². The van der Waals surface area contributed by atoms with Crippen LogP contribution in [0, 0.1) is 0 Å². The first kappa shape index (κ1) is 22.9. The summed E-state index contributed by atoms with van der Waals surface area (Å²) in [4.78, 5) is 11.5. The maximum atomic E-state index is 13.1. The van der Waals surface area contributed by atoms with E-state index in [1.54, 1.807) is 18.2 Å². The molecule has 1 aromatic heterocycles. The first-order valence-corrected chi connectivity index (χ1v) is 11.9. The molecule has 3 N–H and O–H groups in total. The third kappa shape index (κ3) is 5.05. The quantitative estimate of drug-likeness (QED) is 0.408. The van der Waals surface area contributed by atoms with Crippen LogP contribution in [0.25, 0.3) is 22.2 Å². The van der Waals surface area contributed by atoms with Crippen LogP contribution in [-0.2, 0) is 17.4 Å². The summed E-state index contributed by atoms with van der Waals surface area (Å²) < 4.78 is 21.5. The van der Waals surface area contributed by atoms with Gasteiger partial charge in [0.05, 0.1) is 15.7 Å². The molecular formula is C26H27N3O3S. The third-order valence-corrected chi connectivity index (χ3v) is 7.05. The predicted molar refractivity (Wildman–Crippen MR) is 132 cm³/mol. The summed E-state index contributed by atoms with van der Waals surface area (Å²) in [7, 11) is -1.28. The van der Waals surface area contributed by atoms with Crippen LogP contribution < -0.4 is 10.5 Å². The molecule has 0 fully saturated rings. The molecule has 170 valence electrons. The number of nitrogens with one attached hydrogen (secondary N) is 1. The highest BCUT2D eigenvalue weighted by Gasteiger charge is 2.26. The molecule has 0 unspecified atom stereocenters. The van der Waals surface area contributed by atoms with Gasteiger partial charge in [0, 0.05) is 22.6 Å². The van der Waals surface area contributed by atoms with Crippen LogP contribution in [0.1, 0.15) is 48.3 Å². The topological polar surface area (TPSA) is 98.2 Å². The monoisotopic (exact) mass is 461 g/mol. The second kappa shape index (κ2) is 9.29. The number of fused-ring (bicyclic) bond motifs is 1. The Kier molecular flexibility index (Phi) is 6.44. The number of aromatic nitrogens is 1. The zero-order valence-electron chi connectivity index (χ0n) is 18.9. The molecule has 0 saturated carbocycles. The minimum atomic E-state index is -1.28. The molecule has 0 aliphatic rings. The van der Waals surface area contributed by atoms with Crippen molar-refractivity contribution in [1.82, 2.24) is 9.88 Å². The van der Waals surface area contributed by atoms with Gasteiger partial charge in [0.25, 0.3) is 0 Å². The van der Waals surface area contributed by atoms with Crippen molar-refractivity contribution in [1.29, 1.82) is 0 Å². The Morgan fingerprint density at radius 1 is 1.06 bits per heavy atom. The highest BCUT2D eigenvalue weighted by atomic mass is 32.2. The Morgan fingerprint density at radius 2 is 1.76 bits per heavy atom. The first-order valence-electron chi connectivity index (χ1n) is 10.7. The van der Waals surface area contributed by atoms with E-state index in [4.69, 9.17) is 10.3 Å². The van der Waals surface area contributed by atoms with Crippen molar-refractivity contribution < 1.29 is 13.5 Å². The van der Waals surface area contributed by atoms with E-state index in [9.17, 15) is 9.00 Å². The Bertz CT molecular complexity index is 1310. The smallest absolute Gasteiger partial charge is 0.248 e. The van der Waals surface area contributed by atoms with Gasteiger partial charge in [-0.05, 0) is 56.5 Å². The molecule has 0 radical (unpaired) electrons. The van der Waals surface area contributed by atoms with Gasteiger partial charge in [0.2, 0.25) is 5.91 Å². The third-order valence-electron chi connectivity index (χ3n) is 5.44. The summed E-state index contributed by atoms with van der Waals surface area (Å²) in [5.41, 5.74) is 9.89. The van der Waals surface area contributed by atoms with Gasteiger partial charge in [-0.3, -0.25) is 4.79 Å². The van der Waals surface area contributed by atoms with Crippen molar-refractivity contribution in [3.8, 4) is 11.3 Å². The lowest BCUT2D eigenvalue weighted by molar-refractivity contribution is 0.1000. The average Bonchev–Trinajstić information content (AvgIpc) is 3.22. The molecule has 0 spiro atoms. The Morgan fingerprint density at radius 3 is 2.45 bits per heavy atom. The number of hydrogen-bond acceptors (Lipinski definition) is 4. The Hall–Kier alpha value is -3.29. The molecule has 0 bridgehead atoms. The predicted octanol–water partition coefficient (Wildman–Crippen LogP) is 4.93. The fourth-order valence-corrected chi connectivity index (χ4v) is 4.49.